The maximum atomic E-state index is 4.51. The molecular formula is C17H24N6. The van der Waals surface area contributed by atoms with E-state index in [1.807, 2.05) is 58.1 Å². The highest BCUT2D eigenvalue weighted by Gasteiger charge is 2.16. The lowest BCUT2D eigenvalue weighted by Gasteiger charge is -2.11. The second-order valence-electron chi connectivity index (χ2n) is 5.10. The Hall–Kier alpha value is -2.63. The van der Waals surface area contributed by atoms with Gasteiger partial charge in [0.25, 0.3) is 0 Å². The highest BCUT2D eigenvalue weighted by atomic mass is 15.4. The van der Waals surface area contributed by atoms with Crippen LogP contribution in [0.25, 0.3) is 11.0 Å². The van der Waals surface area contributed by atoms with Crippen molar-refractivity contribution in [1.29, 1.82) is 0 Å². The standard InChI is InChI=1S/C15H18N6.C2H6/c1-20(2)15-12-13(16-9-11-7-5-4-6-8-11)17-10-18-14(12)21(3)19-15;1-2/h4-8,10H,9H2,1-3H3,(H,16,17,18);1-2H3. The number of anilines is 2. The van der Waals surface area contributed by atoms with E-state index in [9.17, 15) is 0 Å². The van der Waals surface area contributed by atoms with Gasteiger partial charge in [-0.2, -0.15) is 5.10 Å². The summed E-state index contributed by atoms with van der Waals surface area (Å²) in [5.41, 5.74) is 2.03. The third-order valence-electron chi connectivity index (χ3n) is 3.33. The normalized spacial score (nSPS) is 10.1. The molecule has 2 aromatic heterocycles. The van der Waals surface area contributed by atoms with Gasteiger partial charge in [0.15, 0.2) is 11.5 Å². The molecule has 1 aromatic carbocycles. The SMILES string of the molecule is CC.CN(C)c1nn(C)c2ncnc(NCc3ccccc3)c12. The number of hydrogen-bond donors (Lipinski definition) is 1. The van der Waals surface area contributed by atoms with E-state index >= 15 is 0 Å². The topological polar surface area (TPSA) is 58.9 Å². The molecule has 0 saturated heterocycles. The van der Waals surface area contributed by atoms with E-state index in [2.05, 4.69) is 32.5 Å². The molecule has 2 heterocycles. The molecule has 0 aliphatic heterocycles. The van der Waals surface area contributed by atoms with Gasteiger partial charge in [0.1, 0.15) is 17.5 Å². The van der Waals surface area contributed by atoms with E-state index < -0.39 is 0 Å². The van der Waals surface area contributed by atoms with Crippen LogP contribution < -0.4 is 10.2 Å². The van der Waals surface area contributed by atoms with Crippen molar-refractivity contribution in [1.82, 2.24) is 19.7 Å². The summed E-state index contributed by atoms with van der Waals surface area (Å²) in [7, 11) is 5.83. The highest BCUT2D eigenvalue weighted by molar-refractivity contribution is 5.96. The molecule has 3 aromatic rings. The minimum Gasteiger partial charge on any atom is -0.365 e. The summed E-state index contributed by atoms with van der Waals surface area (Å²) < 4.78 is 1.78. The molecule has 1 N–H and O–H groups in total. The Bertz CT molecular complexity index is 748. The molecule has 0 aliphatic rings. The van der Waals surface area contributed by atoms with Crippen molar-refractivity contribution in [2.24, 2.45) is 7.05 Å². The van der Waals surface area contributed by atoms with E-state index in [1.54, 1.807) is 11.0 Å². The molecule has 0 spiro atoms. The molecule has 0 aliphatic carbocycles. The lowest BCUT2D eigenvalue weighted by atomic mass is 10.2. The smallest absolute Gasteiger partial charge is 0.165 e. The number of aryl methyl sites for hydroxylation is 1. The fourth-order valence-electron chi connectivity index (χ4n) is 2.30. The van der Waals surface area contributed by atoms with Gasteiger partial charge in [0, 0.05) is 27.7 Å². The van der Waals surface area contributed by atoms with Crippen molar-refractivity contribution in [2.75, 3.05) is 24.3 Å². The molecule has 6 nitrogen and oxygen atoms in total. The summed E-state index contributed by atoms with van der Waals surface area (Å²) in [6.45, 7) is 4.72. The predicted octanol–water partition coefficient (Wildman–Crippen LogP) is 3.07. The van der Waals surface area contributed by atoms with Gasteiger partial charge in [0.2, 0.25) is 0 Å². The molecule has 0 amide bonds. The quantitative estimate of drug-likeness (QED) is 0.802. The maximum Gasteiger partial charge on any atom is 0.165 e. The summed E-state index contributed by atoms with van der Waals surface area (Å²) in [6.07, 6.45) is 1.57. The summed E-state index contributed by atoms with van der Waals surface area (Å²) in [5, 5.41) is 8.83. The Morgan fingerprint density at radius 2 is 1.78 bits per heavy atom. The second-order valence-corrected chi connectivity index (χ2v) is 5.10. The van der Waals surface area contributed by atoms with Crippen LogP contribution in [0.5, 0.6) is 0 Å². The molecule has 3 rings (SSSR count). The molecule has 6 heteroatoms. The second kappa shape index (κ2) is 7.58. The number of nitrogens with one attached hydrogen (secondary N) is 1. The lowest BCUT2D eigenvalue weighted by molar-refractivity contribution is 0.779. The average molecular weight is 312 g/mol. The number of aromatic nitrogens is 4. The first-order valence-corrected chi connectivity index (χ1v) is 7.79. The van der Waals surface area contributed by atoms with Gasteiger partial charge < -0.3 is 10.2 Å². The van der Waals surface area contributed by atoms with E-state index in [1.165, 1.54) is 5.56 Å². The van der Waals surface area contributed by atoms with Gasteiger partial charge in [-0.1, -0.05) is 44.2 Å². The largest absolute Gasteiger partial charge is 0.365 e. The first kappa shape index (κ1) is 16.7. The predicted molar refractivity (Wildman–Crippen MR) is 95.7 cm³/mol. The van der Waals surface area contributed by atoms with Crippen molar-refractivity contribution in [3.05, 3.63) is 42.2 Å². The van der Waals surface area contributed by atoms with E-state index in [0.29, 0.717) is 6.54 Å². The third-order valence-corrected chi connectivity index (χ3v) is 3.33. The summed E-state index contributed by atoms with van der Waals surface area (Å²) >= 11 is 0. The summed E-state index contributed by atoms with van der Waals surface area (Å²) in [6, 6.07) is 10.2. The van der Waals surface area contributed by atoms with Crippen molar-refractivity contribution in [3.63, 3.8) is 0 Å². The van der Waals surface area contributed by atoms with Gasteiger partial charge in [-0.15, -0.1) is 0 Å². The van der Waals surface area contributed by atoms with Crippen LogP contribution in [0.2, 0.25) is 0 Å². The summed E-state index contributed by atoms with van der Waals surface area (Å²) in [4.78, 5) is 10.7. The van der Waals surface area contributed by atoms with Gasteiger partial charge in [-0.25, -0.2) is 14.6 Å². The Morgan fingerprint density at radius 3 is 2.43 bits per heavy atom. The third kappa shape index (κ3) is 3.59. The van der Waals surface area contributed by atoms with Gasteiger partial charge >= 0.3 is 0 Å². The molecule has 0 atom stereocenters. The maximum absolute atomic E-state index is 4.51. The molecule has 0 fully saturated rings. The average Bonchev–Trinajstić information content (AvgIpc) is 2.94. The van der Waals surface area contributed by atoms with E-state index in [-0.39, 0.29) is 0 Å². The zero-order valence-electron chi connectivity index (χ0n) is 14.4. The van der Waals surface area contributed by atoms with Gasteiger partial charge in [0.05, 0.1) is 0 Å². The van der Waals surface area contributed by atoms with Gasteiger partial charge in [-0.05, 0) is 5.56 Å². The van der Waals surface area contributed by atoms with Crippen LogP contribution in [0, 0.1) is 0 Å². The zero-order valence-corrected chi connectivity index (χ0v) is 14.4. The Kier molecular flexibility index (Phi) is 5.51. The molecule has 122 valence electrons. The Balaban J connectivity index is 0.000000924. The molecule has 0 bridgehead atoms. The number of hydrogen-bond acceptors (Lipinski definition) is 5. The molecule has 0 radical (unpaired) electrons. The highest BCUT2D eigenvalue weighted by Crippen LogP contribution is 2.28. The van der Waals surface area contributed by atoms with Crippen LogP contribution >= 0.6 is 0 Å². The van der Waals surface area contributed by atoms with Gasteiger partial charge in [-0.3, -0.25) is 0 Å². The van der Waals surface area contributed by atoms with E-state index in [0.717, 1.165) is 22.7 Å². The van der Waals surface area contributed by atoms with Crippen LogP contribution in [0.15, 0.2) is 36.7 Å². The molecule has 23 heavy (non-hydrogen) atoms. The fraction of sp³-hybridized carbons (Fsp3) is 0.353. The first-order valence-electron chi connectivity index (χ1n) is 7.79. The summed E-state index contributed by atoms with van der Waals surface area (Å²) in [5.74, 6) is 1.67. The molecule has 0 saturated carbocycles. The minimum atomic E-state index is 0.717. The van der Waals surface area contributed by atoms with Crippen molar-refractivity contribution in [3.8, 4) is 0 Å². The molecular weight excluding hydrogens is 288 g/mol. The van der Waals surface area contributed by atoms with Crippen LogP contribution in [0.4, 0.5) is 11.6 Å². The van der Waals surface area contributed by atoms with Crippen LogP contribution in [0.3, 0.4) is 0 Å². The first-order chi connectivity index (χ1) is 11.2. The Labute approximate surface area is 137 Å². The van der Waals surface area contributed by atoms with Crippen molar-refractivity contribution >= 4 is 22.7 Å². The van der Waals surface area contributed by atoms with Crippen LogP contribution in [-0.2, 0) is 13.6 Å². The monoisotopic (exact) mass is 312 g/mol. The number of rotatable bonds is 4. The van der Waals surface area contributed by atoms with E-state index in [4.69, 9.17) is 0 Å². The number of benzene rings is 1. The Morgan fingerprint density at radius 1 is 1.09 bits per heavy atom. The minimum absolute atomic E-state index is 0.717. The van der Waals surface area contributed by atoms with Crippen LogP contribution in [0.1, 0.15) is 19.4 Å². The van der Waals surface area contributed by atoms with Crippen molar-refractivity contribution < 1.29 is 0 Å². The number of fused-ring (bicyclic) bond motifs is 1. The fourth-order valence-corrected chi connectivity index (χ4v) is 2.30. The van der Waals surface area contributed by atoms with Crippen LogP contribution in [-0.4, -0.2) is 33.8 Å². The molecule has 0 unspecified atom stereocenters. The lowest BCUT2D eigenvalue weighted by Crippen LogP contribution is -2.11. The number of nitrogens with zero attached hydrogens (tertiary/aromatic N) is 5. The zero-order chi connectivity index (χ0) is 16.8. The van der Waals surface area contributed by atoms with Crippen molar-refractivity contribution in [2.45, 2.75) is 20.4 Å².